The Morgan fingerprint density at radius 1 is 0.612 bits per heavy atom. The van der Waals surface area contributed by atoms with Gasteiger partial charge < -0.3 is 42.6 Å². The minimum Gasteiger partial charge on any atom is -0.368 e. The summed E-state index contributed by atoms with van der Waals surface area (Å²) in [5.74, 6) is -1.02. The average Bonchev–Trinajstić information content (AvgIpc) is 3.42. The summed E-state index contributed by atoms with van der Waals surface area (Å²) in [7, 11) is 1.49. The maximum Gasteiger partial charge on any atom is 0.417 e. The van der Waals surface area contributed by atoms with Crippen LogP contribution >= 0.6 is 0 Å². The molecule has 0 aromatic heterocycles. The van der Waals surface area contributed by atoms with Crippen molar-refractivity contribution in [3.63, 3.8) is 0 Å². The summed E-state index contributed by atoms with van der Waals surface area (Å²) < 4.78 is 100. The molecule has 0 radical (unpaired) electrons. The maximum absolute atomic E-state index is 15.0. The van der Waals surface area contributed by atoms with Crippen LogP contribution in [-0.2, 0) is 62.5 Å². The Balaban J connectivity index is 1.36. The fraction of sp³-hybridized carbons (Fsp3) is 0.514. The average molecular weight is 689 g/mol. The van der Waals surface area contributed by atoms with Crippen LogP contribution in [0.25, 0.3) is 0 Å². The van der Waals surface area contributed by atoms with E-state index in [1.54, 1.807) is 45.0 Å². The molecule has 0 aliphatic carbocycles. The van der Waals surface area contributed by atoms with Crippen LogP contribution in [0.4, 0.5) is 13.2 Å². The van der Waals surface area contributed by atoms with E-state index in [1.165, 1.54) is 7.11 Å². The highest BCUT2D eigenvalue weighted by Gasteiger charge is 2.61. The minimum atomic E-state index is -4.85. The van der Waals surface area contributed by atoms with Crippen LogP contribution in [0.3, 0.4) is 0 Å². The fourth-order valence-corrected chi connectivity index (χ4v) is 6.48. The zero-order chi connectivity index (χ0) is 34.6. The molecule has 3 fully saturated rings. The van der Waals surface area contributed by atoms with E-state index in [1.807, 2.05) is 66.7 Å². The molecule has 0 spiro atoms. The molecule has 12 heteroatoms. The van der Waals surface area contributed by atoms with Crippen molar-refractivity contribution in [2.45, 2.75) is 114 Å². The summed E-state index contributed by atoms with van der Waals surface area (Å²) in [5, 5.41) is 0. The Labute approximate surface area is 284 Å². The Hall–Kier alpha value is -2.91. The van der Waals surface area contributed by atoms with E-state index in [0.717, 1.165) is 11.1 Å². The van der Waals surface area contributed by atoms with Gasteiger partial charge in [-0.3, -0.25) is 0 Å². The minimum absolute atomic E-state index is 0.00645. The molecule has 0 amide bonds. The lowest BCUT2D eigenvalue weighted by Crippen LogP contribution is -2.66. The lowest BCUT2D eigenvalue weighted by Gasteiger charge is -2.48. The van der Waals surface area contributed by atoms with E-state index >= 15 is 13.2 Å². The van der Waals surface area contributed by atoms with E-state index in [9.17, 15) is 0 Å². The van der Waals surface area contributed by atoms with E-state index < -0.39 is 73.4 Å². The number of halogens is 3. The fourth-order valence-electron chi connectivity index (χ4n) is 6.48. The molecule has 3 aliphatic heterocycles. The second-order valence-corrected chi connectivity index (χ2v) is 12.9. The van der Waals surface area contributed by atoms with Crippen LogP contribution in [0.1, 0.15) is 37.5 Å². The Morgan fingerprint density at radius 3 is 1.57 bits per heavy atom. The smallest absolute Gasteiger partial charge is 0.368 e. The van der Waals surface area contributed by atoms with Crippen molar-refractivity contribution in [1.29, 1.82) is 0 Å². The van der Waals surface area contributed by atoms with Crippen LogP contribution in [0.15, 0.2) is 91.0 Å². The van der Waals surface area contributed by atoms with Gasteiger partial charge in [-0.15, -0.1) is 0 Å². The summed E-state index contributed by atoms with van der Waals surface area (Å²) in [4.78, 5) is 0. The summed E-state index contributed by atoms with van der Waals surface area (Å²) in [6, 6.07) is 27.4. The molecule has 3 saturated heterocycles. The van der Waals surface area contributed by atoms with Gasteiger partial charge in [-0.25, -0.2) is 0 Å². The molecule has 10 atom stereocenters. The number of hydrogen-bond donors (Lipinski definition) is 0. The van der Waals surface area contributed by atoms with Crippen molar-refractivity contribution in [3.05, 3.63) is 108 Å². The van der Waals surface area contributed by atoms with Crippen molar-refractivity contribution >= 4 is 0 Å². The molecule has 9 nitrogen and oxygen atoms in total. The van der Waals surface area contributed by atoms with Gasteiger partial charge >= 0.3 is 6.18 Å². The molecule has 3 aromatic carbocycles. The molecule has 0 bridgehead atoms. The third kappa shape index (κ3) is 8.70. The van der Waals surface area contributed by atoms with Gasteiger partial charge in [0.2, 0.25) is 0 Å². The number of benzene rings is 3. The molecule has 0 unspecified atom stereocenters. The molecule has 3 heterocycles. The zero-order valence-corrected chi connectivity index (χ0v) is 27.9. The van der Waals surface area contributed by atoms with Crippen LogP contribution in [0.2, 0.25) is 0 Å². The van der Waals surface area contributed by atoms with Gasteiger partial charge in [0.15, 0.2) is 24.5 Å². The van der Waals surface area contributed by atoms with E-state index in [2.05, 4.69) is 0 Å². The second-order valence-electron chi connectivity index (χ2n) is 12.9. The highest BCUT2D eigenvalue weighted by Crippen LogP contribution is 2.42. The van der Waals surface area contributed by atoms with Gasteiger partial charge in [-0.05, 0) is 37.5 Å². The van der Waals surface area contributed by atoms with Gasteiger partial charge in [0.05, 0.1) is 25.9 Å². The van der Waals surface area contributed by atoms with Crippen LogP contribution in [-0.4, -0.2) is 80.5 Å². The highest BCUT2D eigenvalue weighted by molar-refractivity contribution is 5.16. The first kappa shape index (κ1) is 35.9. The van der Waals surface area contributed by atoms with Crippen molar-refractivity contribution in [3.8, 4) is 0 Å². The van der Waals surface area contributed by atoms with Gasteiger partial charge in [-0.1, -0.05) is 91.0 Å². The number of hydrogen-bond acceptors (Lipinski definition) is 9. The predicted octanol–water partition coefficient (Wildman–Crippen LogP) is 6.33. The first-order valence-corrected chi connectivity index (χ1v) is 16.4. The van der Waals surface area contributed by atoms with Gasteiger partial charge in [0, 0.05) is 7.11 Å². The van der Waals surface area contributed by atoms with Crippen LogP contribution in [0.5, 0.6) is 0 Å². The molecule has 0 saturated carbocycles. The normalized spacial score (nSPS) is 32.9. The summed E-state index contributed by atoms with van der Waals surface area (Å²) in [6.07, 6.45) is -16.7. The lowest BCUT2D eigenvalue weighted by molar-refractivity contribution is -0.388. The maximum atomic E-state index is 15.0. The summed E-state index contributed by atoms with van der Waals surface area (Å²) in [6.45, 7) is 5.14. The van der Waals surface area contributed by atoms with E-state index in [0.29, 0.717) is 5.56 Å². The number of rotatable bonds is 12. The standard InChI is InChI=1S/C37H43F3O9/c1-23-27(29-32(34(41-4)45-23)49-36(2,3)48-29)46-35-31(44-22-26-18-12-7-13-19-26)28(42-20-24-14-8-5-9-15-24)30(33(47-35)37(38,39)40)43-21-25-16-10-6-11-17-25/h5-19,23,27-35H,20-22H2,1-4H3/t23-,27-,28+,29+,30+,31+,32+,33+,34+,35+/m0/s1. The third-order valence-corrected chi connectivity index (χ3v) is 8.76. The number of methoxy groups -OCH3 is 1. The van der Waals surface area contributed by atoms with E-state index in [-0.39, 0.29) is 19.8 Å². The molecular formula is C37H43F3O9. The van der Waals surface area contributed by atoms with Crippen LogP contribution in [0, 0.1) is 0 Å². The summed E-state index contributed by atoms with van der Waals surface area (Å²) in [5.41, 5.74) is 2.26. The number of fused-ring (bicyclic) bond motifs is 1. The quantitative estimate of drug-likeness (QED) is 0.217. The van der Waals surface area contributed by atoms with Gasteiger partial charge in [0.25, 0.3) is 0 Å². The van der Waals surface area contributed by atoms with Crippen LogP contribution < -0.4 is 0 Å². The second kappa shape index (κ2) is 15.5. The summed E-state index contributed by atoms with van der Waals surface area (Å²) >= 11 is 0. The molecular weight excluding hydrogens is 645 g/mol. The highest BCUT2D eigenvalue weighted by atomic mass is 19.4. The lowest BCUT2D eigenvalue weighted by atomic mass is 9.96. The first-order valence-electron chi connectivity index (χ1n) is 16.4. The topological polar surface area (TPSA) is 83.1 Å². The van der Waals surface area contributed by atoms with E-state index in [4.69, 9.17) is 42.6 Å². The predicted molar refractivity (Wildman–Crippen MR) is 170 cm³/mol. The van der Waals surface area contributed by atoms with Crippen molar-refractivity contribution in [2.75, 3.05) is 7.11 Å². The monoisotopic (exact) mass is 688 g/mol. The Bertz CT molecular complexity index is 1450. The largest absolute Gasteiger partial charge is 0.417 e. The zero-order valence-electron chi connectivity index (χ0n) is 27.9. The van der Waals surface area contributed by atoms with Crippen molar-refractivity contribution in [2.24, 2.45) is 0 Å². The molecule has 49 heavy (non-hydrogen) atoms. The molecule has 3 aromatic rings. The van der Waals surface area contributed by atoms with Crippen molar-refractivity contribution < 1.29 is 55.8 Å². The van der Waals surface area contributed by atoms with Gasteiger partial charge in [-0.2, -0.15) is 13.2 Å². The molecule has 266 valence electrons. The Kier molecular flexibility index (Phi) is 11.4. The SMILES string of the molecule is CO[C@@H]1O[C@@H](C)[C@H](O[C@@H]2O[C@@H](C(F)(F)F)[C@H](OCc3ccccc3)[C@@H](OCc3ccccc3)[C@H]2OCc2ccccc2)[C@H]2OC(C)(C)O[C@@H]12. The third-order valence-electron chi connectivity index (χ3n) is 8.76. The molecule has 3 aliphatic rings. The molecule has 6 rings (SSSR count). The van der Waals surface area contributed by atoms with Gasteiger partial charge in [0.1, 0.15) is 36.6 Å². The first-order chi connectivity index (χ1) is 23.5. The number of alkyl halides is 3. The van der Waals surface area contributed by atoms with Crippen molar-refractivity contribution in [1.82, 2.24) is 0 Å². The Morgan fingerprint density at radius 2 is 1.08 bits per heavy atom. The molecule has 0 N–H and O–H groups in total. The number of ether oxygens (including phenoxy) is 9.